The third kappa shape index (κ3) is 3.16. The van der Waals surface area contributed by atoms with Crippen molar-refractivity contribution in [2.24, 2.45) is 0 Å². The number of imidazole rings is 1. The monoisotopic (exact) mass is 391 g/mol. The Kier molecular flexibility index (Phi) is 3.94. The van der Waals surface area contributed by atoms with Crippen molar-refractivity contribution in [2.75, 3.05) is 5.32 Å². The molecule has 8 heteroatoms. The van der Waals surface area contributed by atoms with Crippen molar-refractivity contribution in [3.8, 4) is 11.4 Å². The summed E-state index contributed by atoms with van der Waals surface area (Å²) in [5.74, 6) is 0.132. The van der Waals surface area contributed by atoms with Crippen LogP contribution in [0.2, 0.25) is 0 Å². The standard InChI is InChI=1S/C21H18FN5O2/c1-11-5-6-27-17(10-23-18(27)7-11)20(28)24-16-8-13(4-3-12(16)2)19-25-21(29-26-19)14-9-15(14)22/h3-8,10,14-15H,9H2,1-2H3,(H,24,28). The number of nitrogens with zero attached hydrogens (tertiary/aromatic N) is 4. The molecule has 0 bridgehead atoms. The lowest BCUT2D eigenvalue weighted by Crippen LogP contribution is -2.15. The van der Waals surface area contributed by atoms with Gasteiger partial charge in [-0.1, -0.05) is 17.3 Å². The highest BCUT2D eigenvalue weighted by Crippen LogP contribution is 2.43. The van der Waals surface area contributed by atoms with E-state index in [2.05, 4.69) is 20.4 Å². The number of alkyl halides is 1. The fourth-order valence-electron chi connectivity index (χ4n) is 3.26. The number of carbonyl (C=O) groups is 1. The Labute approximate surface area is 165 Å². The van der Waals surface area contributed by atoms with Gasteiger partial charge >= 0.3 is 0 Å². The smallest absolute Gasteiger partial charge is 0.274 e. The number of anilines is 1. The van der Waals surface area contributed by atoms with Crippen LogP contribution in [0.5, 0.6) is 0 Å². The van der Waals surface area contributed by atoms with Gasteiger partial charge in [-0.25, -0.2) is 9.37 Å². The average molecular weight is 391 g/mol. The Morgan fingerprint density at radius 2 is 2.10 bits per heavy atom. The van der Waals surface area contributed by atoms with Crippen molar-refractivity contribution in [3.05, 3.63) is 65.4 Å². The van der Waals surface area contributed by atoms with Gasteiger partial charge in [-0.2, -0.15) is 4.98 Å². The number of amides is 1. The normalized spacial score (nSPS) is 18.2. The SMILES string of the molecule is Cc1ccn2c(C(=O)Nc3cc(-c4noc(C5CC5F)n4)ccc3C)cnc2c1. The van der Waals surface area contributed by atoms with E-state index in [1.807, 2.05) is 44.3 Å². The predicted molar refractivity (Wildman–Crippen MR) is 105 cm³/mol. The summed E-state index contributed by atoms with van der Waals surface area (Å²) in [6.07, 6.45) is 2.91. The summed E-state index contributed by atoms with van der Waals surface area (Å²) in [5.41, 5.74) is 4.44. The van der Waals surface area contributed by atoms with Gasteiger partial charge < -0.3 is 9.84 Å². The number of fused-ring (bicyclic) bond motifs is 1. The summed E-state index contributed by atoms with van der Waals surface area (Å²) in [4.78, 5) is 21.4. The quantitative estimate of drug-likeness (QED) is 0.567. The van der Waals surface area contributed by atoms with E-state index < -0.39 is 6.17 Å². The third-order valence-corrected chi connectivity index (χ3v) is 5.12. The van der Waals surface area contributed by atoms with E-state index in [4.69, 9.17) is 4.52 Å². The molecule has 3 aromatic heterocycles. The third-order valence-electron chi connectivity index (χ3n) is 5.12. The summed E-state index contributed by atoms with van der Waals surface area (Å²) in [6, 6.07) is 9.34. The Morgan fingerprint density at radius 1 is 1.28 bits per heavy atom. The zero-order valence-corrected chi connectivity index (χ0v) is 15.9. The number of aromatic nitrogens is 4. The molecule has 5 rings (SSSR count). The Hall–Kier alpha value is -3.55. The van der Waals surface area contributed by atoms with Gasteiger partial charge in [0.1, 0.15) is 17.5 Å². The van der Waals surface area contributed by atoms with Gasteiger partial charge in [0.05, 0.1) is 12.1 Å². The van der Waals surface area contributed by atoms with Crippen LogP contribution in [-0.2, 0) is 0 Å². The number of carbonyl (C=O) groups excluding carboxylic acids is 1. The average Bonchev–Trinajstić information content (AvgIpc) is 3.10. The fraction of sp³-hybridized carbons (Fsp3) is 0.238. The van der Waals surface area contributed by atoms with Crippen LogP contribution < -0.4 is 5.32 Å². The van der Waals surface area contributed by atoms with Crippen molar-refractivity contribution < 1.29 is 13.7 Å². The highest BCUT2D eigenvalue weighted by atomic mass is 19.1. The molecule has 1 saturated carbocycles. The minimum Gasteiger partial charge on any atom is -0.339 e. The first-order valence-corrected chi connectivity index (χ1v) is 9.33. The van der Waals surface area contributed by atoms with E-state index in [1.54, 1.807) is 16.7 Å². The van der Waals surface area contributed by atoms with Gasteiger partial charge in [0.15, 0.2) is 0 Å². The number of hydrogen-bond donors (Lipinski definition) is 1. The van der Waals surface area contributed by atoms with Crippen LogP contribution in [0.3, 0.4) is 0 Å². The minimum absolute atomic E-state index is 0.270. The Balaban J connectivity index is 1.42. The number of benzene rings is 1. The van der Waals surface area contributed by atoms with Crippen molar-refractivity contribution in [2.45, 2.75) is 32.4 Å². The first kappa shape index (κ1) is 17.5. The van der Waals surface area contributed by atoms with Gasteiger partial charge in [0.2, 0.25) is 11.7 Å². The molecule has 1 aliphatic rings. The second-order valence-corrected chi connectivity index (χ2v) is 7.37. The van der Waals surface area contributed by atoms with E-state index in [0.29, 0.717) is 40.7 Å². The van der Waals surface area contributed by atoms with E-state index in [-0.39, 0.29) is 11.8 Å². The molecule has 4 aromatic rings. The maximum Gasteiger partial charge on any atom is 0.274 e. The van der Waals surface area contributed by atoms with Crippen LogP contribution in [0.15, 0.2) is 47.2 Å². The number of halogens is 1. The van der Waals surface area contributed by atoms with Crippen molar-refractivity contribution in [1.82, 2.24) is 19.5 Å². The molecule has 0 spiro atoms. The number of rotatable bonds is 4. The zero-order valence-electron chi connectivity index (χ0n) is 15.9. The summed E-state index contributed by atoms with van der Waals surface area (Å²) in [6.45, 7) is 3.88. The molecule has 1 amide bonds. The molecule has 1 fully saturated rings. The molecule has 2 unspecified atom stereocenters. The molecule has 29 heavy (non-hydrogen) atoms. The van der Waals surface area contributed by atoms with Crippen LogP contribution in [0.25, 0.3) is 17.0 Å². The molecule has 7 nitrogen and oxygen atoms in total. The van der Waals surface area contributed by atoms with Crippen LogP contribution in [0.1, 0.15) is 39.8 Å². The molecular weight excluding hydrogens is 373 g/mol. The largest absolute Gasteiger partial charge is 0.339 e. The molecule has 3 heterocycles. The number of nitrogens with one attached hydrogen (secondary N) is 1. The summed E-state index contributed by atoms with van der Waals surface area (Å²) < 4.78 is 20.1. The van der Waals surface area contributed by atoms with Crippen LogP contribution in [-0.4, -0.2) is 31.6 Å². The lowest BCUT2D eigenvalue weighted by Gasteiger charge is -2.09. The predicted octanol–water partition coefficient (Wildman–Crippen LogP) is 4.08. The lowest BCUT2D eigenvalue weighted by molar-refractivity contribution is 0.102. The van der Waals surface area contributed by atoms with Crippen molar-refractivity contribution in [1.29, 1.82) is 0 Å². The summed E-state index contributed by atoms with van der Waals surface area (Å²) in [7, 11) is 0. The van der Waals surface area contributed by atoms with E-state index in [1.165, 1.54) is 0 Å². The molecule has 0 saturated heterocycles. The second kappa shape index (κ2) is 6.51. The van der Waals surface area contributed by atoms with Crippen LogP contribution >= 0.6 is 0 Å². The van der Waals surface area contributed by atoms with Gasteiger partial charge in [0.25, 0.3) is 5.91 Å². The van der Waals surface area contributed by atoms with Gasteiger partial charge in [0, 0.05) is 17.4 Å². The maximum absolute atomic E-state index is 13.2. The molecule has 0 aliphatic heterocycles. The Bertz CT molecular complexity index is 1250. The van der Waals surface area contributed by atoms with Gasteiger partial charge in [-0.05, 0) is 49.6 Å². The highest BCUT2D eigenvalue weighted by Gasteiger charge is 2.43. The number of hydrogen-bond acceptors (Lipinski definition) is 5. The maximum atomic E-state index is 13.2. The second-order valence-electron chi connectivity index (χ2n) is 7.37. The molecular formula is C21H18FN5O2. The van der Waals surface area contributed by atoms with E-state index >= 15 is 0 Å². The molecule has 1 aliphatic carbocycles. The zero-order chi connectivity index (χ0) is 20.1. The highest BCUT2D eigenvalue weighted by molar-refractivity contribution is 6.04. The van der Waals surface area contributed by atoms with Crippen molar-refractivity contribution in [3.63, 3.8) is 0 Å². The lowest BCUT2D eigenvalue weighted by atomic mass is 10.1. The summed E-state index contributed by atoms with van der Waals surface area (Å²) in [5, 5.41) is 6.88. The van der Waals surface area contributed by atoms with Crippen LogP contribution in [0.4, 0.5) is 10.1 Å². The number of aryl methyl sites for hydroxylation is 2. The minimum atomic E-state index is -0.898. The van der Waals surface area contributed by atoms with E-state index in [0.717, 1.165) is 11.1 Å². The van der Waals surface area contributed by atoms with E-state index in [9.17, 15) is 9.18 Å². The molecule has 146 valence electrons. The Morgan fingerprint density at radius 3 is 2.90 bits per heavy atom. The van der Waals surface area contributed by atoms with Gasteiger partial charge in [-0.15, -0.1) is 0 Å². The summed E-state index contributed by atoms with van der Waals surface area (Å²) >= 11 is 0. The topological polar surface area (TPSA) is 85.3 Å². The molecule has 2 atom stereocenters. The molecule has 0 radical (unpaired) electrons. The molecule has 1 N–H and O–H groups in total. The van der Waals surface area contributed by atoms with Gasteiger partial charge in [-0.3, -0.25) is 9.20 Å². The number of pyridine rings is 1. The van der Waals surface area contributed by atoms with Crippen LogP contribution in [0, 0.1) is 13.8 Å². The first-order valence-electron chi connectivity index (χ1n) is 9.33. The fourth-order valence-corrected chi connectivity index (χ4v) is 3.26. The molecule has 1 aromatic carbocycles. The van der Waals surface area contributed by atoms with Crippen molar-refractivity contribution >= 4 is 17.2 Å². The first-order chi connectivity index (χ1) is 14.0.